The number of carbonyl (C=O) groups excluding carboxylic acids is 3. The number of carboxylic acids is 1. The molecule has 0 aromatic rings. The minimum absolute atomic E-state index is 0.0154. The summed E-state index contributed by atoms with van der Waals surface area (Å²) in [6.45, 7) is 3.38. The van der Waals surface area contributed by atoms with E-state index in [0.29, 0.717) is 12.7 Å². The van der Waals surface area contributed by atoms with Crippen LogP contribution in [0.15, 0.2) is 0 Å². The van der Waals surface area contributed by atoms with Gasteiger partial charge >= 0.3 is 11.9 Å². The molecule has 0 aromatic carbocycles. The molecule has 0 amide bonds. The van der Waals surface area contributed by atoms with Gasteiger partial charge in [-0.3, -0.25) is 14.4 Å². The second kappa shape index (κ2) is 11.0. The third-order valence-corrected chi connectivity index (χ3v) is 3.11. The first kappa shape index (κ1) is 19.3. The Hall–Kier alpha value is -1.72. The van der Waals surface area contributed by atoms with E-state index in [4.69, 9.17) is 9.84 Å². The van der Waals surface area contributed by atoms with E-state index in [0.717, 1.165) is 19.3 Å². The highest BCUT2D eigenvalue weighted by molar-refractivity contribution is 5.86. The molecule has 0 saturated heterocycles. The number of hydrogen-bond acceptors (Lipinski definition) is 5. The molecule has 1 aliphatic rings. The summed E-state index contributed by atoms with van der Waals surface area (Å²) in [7, 11) is 0. The summed E-state index contributed by atoms with van der Waals surface area (Å²) in [5.41, 5.74) is 0. The van der Waals surface area contributed by atoms with Crippen LogP contribution in [0.5, 0.6) is 0 Å². The lowest BCUT2D eigenvalue weighted by atomic mass is 10.1. The number of hydrogen-bond donors (Lipinski definition) is 1. The van der Waals surface area contributed by atoms with Gasteiger partial charge in [0.15, 0.2) is 0 Å². The Balaban J connectivity index is 0.000000400. The van der Waals surface area contributed by atoms with Gasteiger partial charge in [-0.1, -0.05) is 26.2 Å². The molecule has 1 aliphatic carbocycles. The molecule has 120 valence electrons. The highest BCUT2D eigenvalue weighted by atomic mass is 16.5. The van der Waals surface area contributed by atoms with Crippen LogP contribution in [0.2, 0.25) is 0 Å². The Labute approximate surface area is 124 Å². The average molecular weight is 300 g/mol. The predicted octanol–water partition coefficient (Wildman–Crippen LogP) is 2.14. The molecule has 21 heavy (non-hydrogen) atoms. The highest BCUT2D eigenvalue weighted by Gasteiger charge is 2.34. The molecule has 1 fully saturated rings. The first-order chi connectivity index (χ1) is 9.90. The maximum Gasteiger partial charge on any atom is 0.303 e. The van der Waals surface area contributed by atoms with E-state index in [1.807, 2.05) is 0 Å². The summed E-state index contributed by atoms with van der Waals surface area (Å²) >= 11 is 0. The van der Waals surface area contributed by atoms with Gasteiger partial charge in [0.2, 0.25) is 0 Å². The fourth-order valence-corrected chi connectivity index (χ4v) is 2.03. The minimum Gasteiger partial charge on any atom is -0.481 e. The molecule has 0 aromatic heterocycles. The number of rotatable bonds is 7. The zero-order valence-corrected chi connectivity index (χ0v) is 12.7. The molecule has 0 aliphatic heterocycles. The first-order valence-corrected chi connectivity index (χ1v) is 7.26. The largest absolute Gasteiger partial charge is 0.481 e. The molecule has 2 unspecified atom stereocenters. The minimum atomic E-state index is -0.675. The van der Waals surface area contributed by atoms with Crippen LogP contribution >= 0.6 is 0 Å². The molecular formula is C15H24O6. The summed E-state index contributed by atoms with van der Waals surface area (Å²) in [5, 5.41) is 8.21. The van der Waals surface area contributed by atoms with Crippen molar-refractivity contribution in [3.05, 3.63) is 0 Å². The van der Waals surface area contributed by atoms with Gasteiger partial charge in [-0.25, -0.2) is 0 Å². The smallest absolute Gasteiger partial charge is 0.303 e. The molecule has 1 N–H and O–H groups in total. The maximum absolute atomic E-state index is 10.9. The number of ketones is 1. The van der Waals surface area contributed by atoms with Gasteiger partial charge in [0.1, 0.15) is 18.2 Å². The molecule has 6 nitrogen and oxygen atoms in total. The molecular weight excluding hydrogens is 276 g/mol. The Morgan fingerprint density at radius 1 is 1.29 bits per heavy atom. The summed E-state index contributed by atoms with van der Waals surface area (Å²) < 4.78 is 4.79. The second-order valence-corrected chi connectivity index (χ2v) is 5.10. The van der Waals surface area contributed by atoms with Crippen molar-refractivity contribution in [3.8, 4) is 0 Å². The van der Waals surface area contributed by atoms with Crippen molar-refractivity contribution >= 4 is 24.0 Å². The number of ether oxygens (including phenoxy) is 1. The number of carbonyl (C=O) groups is 4. The quantitative estimate of drug-likeness (QED) is 0.439. The standard InChI is InChI=1S/C8H10O4.C7H14O2/c1-5(10)12-8-3-7(11)2-6(8)4-9;1-2-3-4-5-6-7(8)9/h4,6,8H,2-3H2,1H3;2-6H2,1H3,(H,8,9). The van der Waals surface area contributed by atoms with E-state index >= 15 is 0 Å². The van der Waals surface area contributed by atoms with Crippen LogP contribution in [0, 0.1) is 5.92 Å². The van der Waals surface area contributed by atoms with Crippen molar-refractivity contribution in [1.29, 1.82) is 0 Å². The molecule has 6 heteroatoms. The number of esters is 1. The van der Waals surface area contributed by atoms with E-state index in [1.165, 1.54) is 13.3 Å². The summed E-state index contributed by atoms with van der Waals surface area (Å²) in [4.78, 5) is 41.7. The van der Waals surface area contributed by atoms with E-state index in [2.05, 4.69) is 6.92 Å². The Bertz CT molecular complexity index is 363. The Morgan fingerprint density at radius 2 is 1.95 bits per heavy atom. The van der Waals surface area contributed by atoms with Gasteiger partial charge in [0, 0.05) is 26.2 Å². The monoisotopic (exact) mass is 300 g/mol. The Kier molecular flexibility index (Phi) is 10.1. The normalized spacial score (nSPS) is 20.4. The highest BCUT2D eigenvalue weighted by Crippen LogP contribution is 2.23. The van der Waals surface area contributed by atoms with E-state index in [-0.39, 0.29) is 18.6 Å². The zero-order valence-electron chi connectivity index (χ0n) is 12.7. The molecule has 0 bridgehead atoms. The van der Waals surface area contributed by atoms with Gasteiger partial charge in [-0.2, -0.15) is 0 Å². The molecule has 1 rings (SSSR count). The van der Waals surface area contributed by atoms with Gasteiger partial charge in [0.05, 0.1) is 5.92 Å². The number of unbranched alkanes of at least 4 members (excludes halogenated alkanes) is 3. The SMILES string of the molecule is CC(=O)OC1CC(=O)CC1C=O.CCCCCCC(=O)O. The van der Waals surface area contributed by atoms with Gasteiger partial charge < -0.3 is 14.6 Å². The average Bonchev–Trinajstić information content (AvgIpc) is 2.74. The predicted molar refractivity (Wildman–Crippen MR) is 75.7 cm³/mol. The van der Waals surface area contributed by atoms with Crippen LogP contribution in [0.3, 0.4) is 0 Å². The third kappa shape index (κ3) is 9.76. The van der Waals surface area contributed by atoms with Gasteiger partial charge in [-0.15, -0.1) is 0 Å². The van der Waals surface area contributed by atoms with Crippen molar-refractivity contribution in [2.75, 3.05) is 0 Å². The van der Waals surface area contributed by atoms with Crippen LogP contribution in [0.4, 0.5) is 0 Å². The number of carboxylic acid groups (broad SMARTS) is 1. The van der Waals surface area contributed by atoms with Crippen LogP contribution in [-0.2, 0) is 23.9 Å². The lowest BCUT2D eigenvalue weighted by molar-refractivity contribution is -0.148. The fourth-order valence-electron chi connectivity index (χ4n) is 2.03. The third-order valence-electron chi connectivity index (χ3n) is 3.11. The number of aldehydes is 1. The fraction of sp³-hybridized carbons (Fsp3) is 0.733. The number of aliphatic carboxylic acids is 1. The van der Waals surface area contributed by atoms with Crippen molar-refractivity contribution < 1.29 is 29.0 Å². The molecule has 0 spiro atoms. The maximum atomic E-state index is 10.9. The van der Waals surface area contributed by atoms with Crippen molar-refractivity contribution in [1.82, 2.24) is 0 Å². The second-order valence-electron chi connectivity index (χ2n) is 5.10. The summed E-state index contributed by atoms with van der Waals surface area (Å²) in [5.74, 6) is -1.56. The zero-order chi connectivity index (χ0) is 16.3. The number of Topliss-reactive ketones (excluding diaryl/α,β-unsaturated/α-hetero) is 1. The topological polar surface area (TPSA) is 97.7 Å². The lowest BCUT2D eigenvalue weighted by Crippen LogP contribution is -2.21. The van der Waals surface area contributed by atoms with Crippen LogP contribution in [0.25, 0.3) is 0 Å². The van der Waals surface area contributed by atoms with Crippen LogP contribution in [-0.4, -0.2) is 35.2 Å². The Morgan fingerprint density at radius 3 is 2.43 bits per heavy atom. The van der Waals surface area contributed by atoms with Crippen LogP contribution in [0.1, 0.15) is 58.8 Å². The molecule has 0 radical (unpaired) electrons. The van der Waals surface area contributed by atoms with E-state index in [9.17, 15) is 19.2 Å². The van der Waals surface area contributed by atoms with Crippen LogP contribution < -0.4 is 0 Å². The van der Waals surface area contributed by atoms with Gasteiger partial charge in [0.25, 0.3) is 0 Å². The van der Waals surface area contributed by atoms with E-state index in [1.54, 1.807) is 0 Å². The van der Waals surface area contributed by atoms with Crippen molar-refractivity contribution in [2.24, 2.45) is 5.92 Å². The summed E-state index contributed by atoms with van der Waals surface area (Å²) in [6.07, 6.45) is 5.11. The molecule has 1 saturated carbocycles. The van der Waals surface area contributed by atoms with Gasteiger partial charge in [-0.05, 0) is 6.42 Å². The van der Waals surface area contributed by atoms with Crippen molar-refractivity contribution in [2.45, 2.75) is 64.9 Å². The van der Waals surface area contributed by atoms with E-state index < -0.39 is 24.0 Å². The molecule has 0 heterocycles. The lowest BCUT2D eigenvalue weighted by Gasteiger charge is -2.12. The van der Waals surface area contributed by atoms with Crippen molar-refractivity contribution in [3.63, 3.8) is 0 Å². The first-order valence-electron chi connectivity index (χ1n) is 7.26. The molecule has 2 atom stereocenters. The summed E-state index contributed by atoms with van der Waals surface area (Å²) in [6, 6.07) is 0.